The molecule has 3 nitrogen and oxygen atoms in total. The molecule has 0 aliphatic carbocycles. The average molecular weight is 291 g/mol. The van der Waals surface area contributed by atoms with Crippen LogP contribution in [0, 0.1) is 0 Å². The van der Waals surface area contributed by atoms with Gasteiger partial charge < -0.3 is 4.90 Å². The predicted octanol–water partition coefficient (Wildman–Crippen LogP) is 3.83. The maximum Gasteiger partial charge on any atom is 0.0744 e. The van der Waals surface area contributed by atoms with Crippen LogP contribution in [-0.2, 0) is 0 Å². The summed E-state index contributed by atoms with van der Waals surface area (Å²) in [6, 6.07) is 19.0. The molecule has 4 rings (SSSR count). The van der Waals surface area contributed by atoms with E-state index < -0.39 is 0 Å². The van der Waals surface area contributed by atoms with Gasteiger partial charge in [0, 0.05) is 11.3 Å². The molecule has 112 valence electrons. The van der Waals surface area contributed by atoms with Crippen molar-refractivity contribution in [1.82, 2.24) is 14.7 Å². The van der Waals surface area contributed by atoms with E-state index in [9.17, 15) is 0 Å². The minimum absolute atomic E-state index is 0.575. The van der Waals surface area contributed by atoms with Crippen molar-refractivity contribution in [2.45, 2.75) is 18.8 Å². The van der Waals surface area contributed by atoms with Crippen LogP contribution in [0.15, 0.2) is 54.6 Å². The standard InChI is InChI=1S/C19H21N3/c1-21-13-11-15(12-14-21)19-17-9-5-6-10-18(17)22(20-19)16-7-3-2-4-8-16/h2-10,15H,11-14H2,1H3. The van der Waals surface area contributed by atoms with E-state index in [1.807, 2.05) is 6.07 Å². The maximum atomic E-state index is 5.01. The fourth-order valence-electron chi connectivity index (χ4n) is 3.44. The Hall–Kier alpha value is -2.13. The molecule has 1 aliphatic rings. The van der Waals surface area contributed by atoms with E-state index in [4.69, 9.17) is 5.10 Å². The van der Waals surface area contributed by atoms with E-state index in [-0.39, 0.29) is 0 Å². The number of para-hydroxylation sites is 2. The van der Waals surface area contributed by atoms with E-state index >= 15 is 0 Å². The van der Waals surface area contributed by atoms with Crippen LogP contribution in [0.5, 0.6) is 0 Å². The predicted molar refractivity (Wildman–Crippen MR) is 90.5 cm³/mol. The highest BCUT2D eigenvalue weighted by atomic mass is 15.3. The summed E-state index contributed by atoms with van der Waals surface area (Å²) in [5.41, 5.74) is 3.62. The number of likely N-dealkylation sites (tertiary alicyclic amines) is 1. The molecule has 1 aliphatic heterocycles. The van der Waals surface area contributed by atoms with Gasteiger partial charge in [-0.15, -0.1) is 0 Å². The van der Waals surface area contributed by atoms with Crippen molar-refractivity contribution in [3.8, 4) is 5.69 Å². The summed E-state index contributed by atoms with van der Waals surface area (Å²) in [4.78, 5) is 2.41. The van der Waals surface area contributed by atoms with Gasteiger partial charge in [0.25, 0.3) is 0 Å². The third-order valence-electron chi connectivity index (χ3n) is 4.72. The van der Waals surface area contributed by atoms with Crippen molar-refractivity contribution >= 4 is 10.9 Å². The van der Waals surface area contributed by atoms with Crippen molar-refractivity contribution in [3.63, 3.8) is 0 Å². The van der Waals surface area contributed by atoms with Gasteiger partial charge in [0.15, 0.2) is 0 Å². The van der Waals surface area contributed by atoms with E-state index in [1.165, 1.54) is 29.4 Å². The Bertz CT molecular complexity index is 768. The second-order valence-electron chi connectivity index (χ2n) is 6.23. The second kappa shape index (κ2) is 5.58. The number of piperidine rings is 1. The molecule has 0 N–H and O–H groups in total. The zero-order chi connectivity index (χ0) is 14.9. The molecule has 3 aromatic rings. The average Bonchev–Trinajstić information content (AvgIpc) is 2.96. The van der Waals surface area contributed by atoms with Crippen LogP contribution in [0.25, 0.3) is 16.6 Å². The molecule has 0 saturated carbocycles. The van der Waals surface area contributed by atoms with Crippen LogP contribution >= 0.6 is 0 Å². The lowest BCUT2D eigenvalue weighted by atomic mass is 9.92. The fraction of sp³-hybridized carbons (Fsp3) is 0.316. The Morgan fingerprint density at radius 1 is 0.909 bits per heavy atom. The van der Waals surface area contributed by atoms with Gasteiger partial charge >= 0.3 is 0 Å². The van der Waals surface area contributed by atoms with Gasteiger partial charge in [0.2, 0.25) is 0 Å². The highest BCUT2D eigenvalue weighted by Crippen LogP contribution is 2.33. The summed E-state index contributed by atoms with van der Waals surface area (Å²) >= 11 is 0. The molecule has 1 saturated heterocycles. The normalized spacial score (nSPS) is 17.1. The largest absolute Gasteiger partial charge is 0.306 e. The van der Waals surface area contributed by atoms with Crippen LogP contribution in [-0.4, -0.2) is 34.8 Å². The van der Waals surface area contributed by atoms with E-state index in [2.05, 4.69) is 65.2 Å². The molecule has 3 heteroatoms. The topological polar surface area (TPSA) is 21.1 Å². The van der Waals surface area contributed by atoms with Gasteiger partial charge in [-0.3, -0.25) is 0 Å². The Morgan fingerprint density at radius 3 is 2.36 bits per heavy atom. The number of hydrogen-bond acceptors (Lipinski definition) is 2. The third kappa shape index (κ3) is 2.32. The minimum Gasteiger partial charge on any atom is -0.306 e. The third-order valence-corrected chi connectivity index (χ3v) is 4.72. The van der Waals surface area contributed by atoms with Gasteiger partial charge in [0.1, 0.15) is 0 Å². The van der Waals surface area contributed by atoms with Crippen molar-refractivity contribution in [2.24, 2.45) is 0 Å². The van der Waals surface area contributed by atoms with Crippen molar-refractivity contribution < 1.29 is 0 Å². The van der Waals surface area contributed by atoms with Gasteiger partial charge in [-0.05, 0) is 51.2 Å². The van der Waals surface area contributed by atoms with Crippen LogP contribution < -0.4 is 0 Å². The molecule has 0 unspecified atom stereocenters. The Balaban J connectivity index is 1.83. The van der Waals surface area contributed by atoms with Crippen molar-refractivity contribution in [2.75, 3.05) is 20.1 Å². The molecule has 0 bridgehead atoms. The first-order chi connectivity index (χ1) is 10.8. The van der Waals surface area contributed by atoms with Crippen LogP contribution in [0.1, 0.15) is 24.5 Å². The summed E-state index contributed by atoms with van der Waals surface area (Å²) in [7, 11) is 2.21. The molecule has 1 aromatic heterocycles. The highest BCUT2D eigenvalue weighted by molar-refractivity contribution is 5.84. The first-order valence-electron chi connectivity index (χ1n) is 8.04. The van der Waals surface area contributed by atoms with Crippen LogP contribution in [0.2, 0.25) is 0 Å². The second-order valence-corrected chi connectivity index (χ2v) is 6.23. The minimum atomic E-state index is 0.575. The Kier molecular flexibility index (Phi) is 3.43. The summed E-state index contributed by atoms with van der Waals surface area (Å²) in [5.74, 6) is 0.575. The lowest BCUT2D eigenvalue weighted by Gasteiger charge is -2.28. The van der Waals surface area contributed by atoms with Gasteiger partial charge in [-0.2, -0.15) is 5.10 Å². The molecule has 2 heterocycles. The van der Waals surface area contributed by atoms with Crippen LogP contribution in [0.3, 0.4) is 0 Å². The quantitative estimate of drug-likeness (QED) is 0.715. The monoisotopic (exact) mass is 291 g/mol. The first-order valence-corrected chi connectivity index (χ1v) is 8.04. The number of rotatable bonds is 2. The molecule has 0 spiro atoms. The number of fused-ring (bicyclic) bond motifs is 1. The van der Waals surface area contributed by atoms with Gasteiger partial charge in [0.05, 0.1) is 16.9 Å². The van der Waals surface area contributed by atoms with Gasteiger partial charge in [-0.1, -0.05) is 36.4 Å². The Morgan fingerprint density at radius 2 is 1.59 bits per heavy atom. The molecule has 22 heavy (non-hydrogen) atoms. The summed E-state index contributed by atoms with van der Waals surface area (Å²) in [6.07, 6.45) is 2.40. The lowest BCUT2D eigenvalue weighted by Crippen LogP contribution is -2.29. The molecular weight excluding hydrogens is 270 g/mol. The first kappa shape index (κ1) is 13.5. The Labute approximate surface area is 131 Å². The van der Waals surface area contributed by atoms with Crippen molar-refractivity contribution in [1.29, 1.82) is 0 Å². The zero-order valence-electron chi connectivity index (χ0n) is 12.9. The molecule has 2 aromatic carbocycles. The highest BCUT2D eigenvalue weighted by Gasteiger charge is 2.23. The summed E-state index contributed by atoms with van der Waals surface area (Å²) in [6.45, 7) is 2.33. The van der Waals surface area contributed by atoms with Crippen LogP contribution in [0.4, 0.5) is 0 Å². The lowest BCUT2D eigenvalue weighted by molar-refractivity contribution is 0.253. The van der Waals surface area contributed by atoms with Crippen molar-refractivity contribution in [3.05, 3.63) is 60.3 Å². The van der Waals surface area contributed by atoms with E-state index in [0.717, 1.165) is 18.8 Å². The number of nitrogens with zero attached hydrogens (tertiary/aromatic N) is 3. The molecule has 0 amide bonds. The SMILES string of the molecule is CN1CCC(c2nn(-c3ccccc3)c3ccccc23)CC1. The van der Waals surface area contributed by atoms with Gasteiger partial charge in [-0.25, -0.2) is 4.68 Å². The number of aromatic nitrogens is 2. The number of hydrogen-bond donors (Lipinski definition) is 0. The molecule has 0 radical (unpaired) electrons. The molecular formula is C19H21N3. The summed E-state index contributed by atoms with van der Waals surface area (Å²) in [5, 5.41) is 6.31. The zero-order valence-corrected chi connectivity index (χ0v) is 12.9. The van der Waals surface area contributed by atoms with E-state index in [0.29, 0.717) is 5.92 Å². The number of benzene rings is 2. The fourth-order valence-corrected chi connectivity index (χ4v) is 3.44. The molecule has 0 atom stereocenters. The maximum absolute atomic E-state index is 5.01. The van der Waals surface area contributed by atoms with E-state index in [1.54, 1.807) is 0 Å². The molecule has 1 fully saturated rings. The smallest absolute Gasteiger partial charge is 0.0744 e. The summed E-state index contributed by atoms with van der Waals surface area (Å²) < 4.78 is 2.10.